The highest BCUT2D eigenvalue weighted by atomic mass is 16.3. The molecule has 1 aliphatic rings. The number of carbonyl (C=O) groups excluding carboxylic acids is 1. The van der Waals surface area contributed by atoms with Gasteiger partial charge in [0.2, 0.25) is 0 Å². The molecule has 1 fully saturated rings. The van der Waals surface area contributed by atoms with Crippen molar-refractivity contribution in [3.8, 4) is 0 Å². The summed E-state index contributed by atoms with van der Waals surface area (Å²) < 4.78 is 0. The van der Waals surface area contributed by atoms with Crippen LogP contribution in [0.3, 0.4) is 0 Å². The first-order valence-corrected chi connectivity index (χ1v) is 8.27. The number of piperidine rings is 1. The lowest BCUT2D eigenvalue weighted by Gasteiger charge is -2.41. The lowest BCUT2D eigenvalue weighted by Crippen LogP contribution is -2.55. The van der Waals surface area contributed by atoms with Gasteiger partial charge >= 0.3 is 6.03 Å². The van der Waals surface area contributed by atoms with Crippen molar-refractivity contribution in [1.29, 1.82) is 0 Å². The Morgan fingerprint density at radius 2 is 1.86 bits per heavy atom. The Hall–Kier alpha value is -0.810. The van der Waals surface area contributed by atoms with Crippen LogP contribution < -0.4 is 10.6 Å². The zero-order valence-corrected chi connectivity index (χ0v) is 14.1. The third-order valence-corrected chi connectivity index (χ3v) is 4.46. The minimum atomic E-state index is -0.132. The molecule has 0 radical (unpaired) electrons. The van der Waals surface area contributed by atoms with E-state index in [1.807, 2.05) is 0 Å². The van der Waals surface area contributed by atoms with Crippen molar-refractivity contribution in [2.75, 3.05) is 26.2 Å². The van der Waals surface area contributed by atoms with Crippen molar-refractivity contribution in [3.63, 3.8) is 0 Å². The highest BCUT2D eigenvalue weighted by Crippen LogP contribution is 2.19. The molecule has 0 spiro atoms. The first kappa shape index (κ1) is 18.2. The van der Waals surface area contributed by atoms with Crippen LogP contribution in [0.2, 0.25) is 0 Å². The summed E-state index contributed by atoms with van der Waals surface area (Å²) in [5.41, 5.74) is -0.0118. The van der Waals surface area contributed by atoms with Crippen LogP contribution in [0.25, 0.3) is 0 Å². The van der Waals surface area contributed by atoms with Crippen molar-refractivity contribution >= 4 is 6.03 Å². The molecule has 0 aromatic heterocycles. The fourth-order valence-corrected chi connectivity index (χ4v) is 2.84. The molecular weight excluding hydrogens is 266 g/mol. The minimum absolute atomic E-state index is 0.0118. The molecule has 2 amide bonds. The Bertz CT molecular complexity index is 313. The van der Waals surface area contributed by atoms with Gasteiger partial charge < -0.3 is 15.7 Å². The van der Waals surface area contributed by atoms with Gasteiger partial charge in [0, 0.05) is 24.7 Å². The first-order chi connectivity index (χ1) is 9.86. The number of aliphatic hydroxyl groups is 1. The number of carbonyl (C=O) groups is 1. The molecule has 0 bridgehead atoms. The number of hydrogen-bond donors (Lipinski definition) is 3. The predicted octanol–water partition coefficient (Wildman–Crippen LogP) is 1.96. The number of rotatable bonds is 7. The molecule has 0 saturated carbocycles. The molecule has 1 heterocycles. The summed E-state index contributed by atoms with van der Waals surface area (Å²) in [7, 11) is 0. The van der Waals surface area contributed by atoms with E-state index in [2.05, 4.69) is 43.2 Å². The smallest absolute Gasteiger partial charge is 0.315 e. The van der Waals surface area contributed by atoms with Gasteiger partial charge in [-0.2, -0.15) is 0 Å². The Balaban J connectivity index is 2.39. The van der Waals surface area contributed by atoms with Crippen LogP contribution in [0.4, 0.5) is 4.79 Å². The SMILES string of the molecule is CC(C)C(CCO)NC(=O)NCC(C)(C)N1CCCCC1. The fraction of sp³-hybridized carbons (Fsp3) is 0.938. The Morgan fingerprint density at radius 1 is 1.24 bits per heavy atom. The van der Waals surface area contributed by atoms with E-state index in [1.54, 1.807) is 0 Å². The zero-order valence-electron chi connectivity index (χ0n) is 14.1. The maximum absolute atomic E-state index is 12.0. The maximum atomic E-state index is 12.0. The first-order valence-electron chi connectivity index (χ1n) is 8.27. The number of amides is 2. The van der Waals surface area contributed by atoms with Crippen LogP contribution in [-0.4, -0.2) is 53.9 Å². The number of urea groups is 1. The predicted molar refractivity (Wildman–Crippen MR) is 86.4 cm³/mol. The normalized spacial score (nSPS) is 18.6. The average molecular weight is 299 g/mol. The third-order valence-electron chi connectivity index (χ3n) is 4.46. The largest absolute Gasteiger partial charge is 0.396 e. The quantitative estimate of drug-likeness (QED) is 0.673. The van der Waals surface area contributed by atoms with E-state index in [0.717, 1.165) is 13.1 Å². The summed E-state index contributed by atoms with van der Waals surface area (Å²) in [6, 6.07) is -0.111. The second-order valence-corrected chi connectivity index (χ2v) is 7.05. The number of likely N-dealkylation sites (tertiary alicyclic amines) is 1. The number of aliphatic hydroxyl groups excluding tert-OH is 1. The molecule has 124 valence electrons. The van der Waals surface area contributed by atoms with Gasteiger partial charge in [-0.25, -0.2) is 4.79 Å². The fourth-order valence-electron chi connectivity index (χ4n) is 2.84. The second-order valence-electron chi connectivity index (χ2n) is 7.05. The monoisotopic (exact) mass is 299 g/mol. The molecule has 1 unspecified atom stereocenters. The summed E-state index contributed by atoms with van der Waals surface area (Å²) >= 11 is 0. The molecule has 0 aliphatic carbocycles. The van der Waals surface area contributed by atoms with Crippen LogP contribution >= 0.6 is 0 Å². The van der Waals surface area contributed by atoms with Crippen LogP contribution in [0, 0.1) is 5.92 Å². The lowest BCUT2D eigenvalue weighted by atomic mass is 9.98. The maximum Gasteiger partial charge on any atom is 0.315 e. The molecule has 0 aromatic rings. The van der Waals surface area contributed by atoms with Gasteiger partial charge in [-0.05, 0) is 52.1 Å². The highest BCUT2D eigenvalue weighted by Gasteiger charge is 2.28. The Labute approximate surface area is 129 Å². The van der Waals surface area contributed by atoms with Crippen molar-refractivity contribution in [2.24, 2.45) is 5.92 Å². The molecular formula is C16H33N3O2. The van der Waals surface area contributed by atoms with Gasteiger partial charge in [0.15, 0.2) is 0 Å². The molecule has 5 heteroatoms. The van der Waals surface area contributed by atoms with Crippen LogP contribution in [-0.2, 0) is 0 Å². The van der Waals surface area contributed by atoms with E-state index in [-0.39, 0.29) is 24.2 Å². The van der Waals surface area contributed by atoms with E-state index in [9.17, 15) is 4.79 Å². The van der Waals surface area contributed by atoms with Crippen molar-refractivity contribution in [2.45, 2.75) is 65.0 Å². The number of hydrogen-bond acceptors (Lipinski definition) is 3. The van der Waals surface area contributed by atoms with Gasteiger partial charge in [0.05, 0.1) is 0 Å². The van der Waals surface area contributed by atoms with Gasteiger partial charge in [-0.3, -0.25) is 4.90 Å². The summed E-state index contributed by atoms with van der Waals surface area (Å²) in [6.45, 7) is 11.5. The molecule has 1 saturated heterocycles. The lowest BCUT2D eigenvalue weighted by molar-refractivity contribution is 0.0957. The van der Waals surface area contributed by atoms with Crippen LogP contribution in [0.15, 0.2) is 0 Å². The highest BCUT2D eigenvalue weighted by molar-refractivity contribution is 5.74. The topological polar surface area (TPSA) is 64.6 Å². The van der Waals surface area contributed by atoms with Gasteiger partial charge in [-0.15, -0.1) is 0 Å². The van der Waals surface area contributed by atoms with Crippen molar-refractivity contribution in [3.05, 3.63) is 0 Å². The Kier molecular flexibility index (Phi) is 7.46. The number of nitrogens with one attached hydrogen (secondary N) is 2. The van der Waals surface area contributed by atoms with E-state index in [4.69, 9.17) is 5.11 Å². The molecule has 5 nitrogen and oxygen atoms in total. The number of nitrogens with zero attached hydrogens (tertiary/aromatic N) is 1. The van der Waals surface area contributed by atoms with Crippen LogP contribution in [0.5, 0.6) is 0 Å². The van der Waals surface area contributed by atoms with Gasteiger partial charge in [-0.1, -0.05) is 20.3 Å². The summed E-state index contributed by atoms with van der Waals surface area (Å²) in [6.07, 6.45) is 4.42. The minimum Gasteiger partial charge on any atom is -0.396 e. The third kappa shape index (κ3) is 6.22. The average Bonchev–Trinajstić information content (AvgIpc) is 2.45. The molecule has 1 atom stereocenters. The standard InChI is InChI=1S/C16H33N3O2/c1-13(2)14(8-11-20)18-15(21)17-12-16(3,4)19-9-6-5-7-10-19/h13-14,20H,5-12H2,1-4H3,(H2,17,18,21). The molecule has 3 N–H and O–H groups in total. The van der Waals surface area contributed by atoms with E-state index < -0.39 is 0 Å². The summed E-state index contributed by atoms with van der Waals surface area (Å²) in [5.74, 6) is 0.318. The van der Waals surface area contributed by atoms with E-state index in [1.165, 1.54) is 19.3 Å². The molecule has 21 heavy (non-hydrogen) atoms. The Morgan fingerprint density at radius 3 is 2.38 bits per heavy atom. The molecule has 1 aliphatic heterocycles. The van der Waals surface area contributed by atoms with Gasteiger partial charge in [0.1, 0.15) is 0 Å². The molecule has 0 aromatic carbocycles. The van der Waals surface area contributed by atoms with Crippen molar-refractivity contribution in [1.82, 2.24) is 15.5 Å². The van der Waals surface area contributed by atoms with Crippen LogP contribution in [0.1, 0.15) is 53.4 Å². The zero-order chi connectivity index (χ0) is 15.9. The van der Waals surface area contributed by atoms with E-state index >= 15 is 0 Å². The summed E-state index contributed by atoms with van der Waals surface area (Å²) in [4.78, 5) is 14.5. The van der Waals surface area contributed by atoms with Gasteiger partial charge in [0.25, 0.3) is 0 Å². The molecule has 1 rings (SSSR count). The summed E-state index contributed by atoms with van der Waals surface area (Å²) in [5, 5.41) is 15.0. The van der Waals surface area contributed by atoms with E-state index in [0.29, 0.717) is 18.9 Å². The second kappa shape index (κ2) is 8.59. The van der Waals surface area contributed by atoms with Crippen molar-refractivity contribution < 1.29 is 9.90 Å².